The number of hydrogen-bond acceptors (Lipinski definition) is 2. The summed E-state index contributed by atoms with van der Waals surface area (Å²) < 4.78 is 10.6. The maximum absolute atomic E-state index is 5.44. The molecule has 0 aliphatic carbocycles. The fourth-order valence-corrected chi connectivity index (χ4v) is 1.17. The van der Waals surface area contributed by atoms with Crippen molar-refractivity contribution in [2.75, 3.05) is 26.4 Å². The van der Waals surface area contributed by atoms with E-state index in [9.17, 15) is 0 Å². The number of rotatable bonds is 5. The van der Waals surface area contributed by atoms with Crippen LogP contribution in [0.2, 0.25) is 0 Å². The van der Waals surface area contributed by atoms with Gasteiger partial charge in [-0.15, -0.1) is 0 Å². The van der Waals surface area contributed by atoms with Crippen LogP contribution in [0.15, 0.2) is 0 Å². The van der Waals surface area contributed by atoms with Gasteiger partial charge < -0.3 is 9.47 Å². The molecule has 1 heterocycles. The van der Waals surface area contributed by atoms with Gasteiger partial charge in [0.2, 0.25) is 0 Å². The summed E-state index contributed by atoms with van der Waals surface area (Å²) >= 11 is 0. The Balaban J connectivity index is 2.11. The van der Waals surface area contributed by atoms with Crippen LogP contribution in [0.4, 0.5) is 0 Å². The van der Waals surface area contributed by atoms with E-state index in [1.807, 2.05) is 0 Å². The zero-order valence-corrected chi connectivity index (χ0v) is 7.27. The summed E-state index contributed by atoms with van der Waals surface area (Å²) in [5.41, 5.74) is 0.342. The Morgan fingerprint density at radius 3 is 2.64 bits per heavy atom. The van der Waals surface area contributed by atoms with Gasteiger partial charge in [0.05, 0.1) is 19.8 Å². The second-order valence-corrected chi connectivity index (χ2v) is 3.25. The third kappa shape index (κ3) is 2.17. The van der Waals surface area contributed by atoms with Crippen molar-refractivity contribution in [3.8, 4) is 0 Å². The van der Waals surface area contributed by atoms with Crippen molar-refractivity contribution < 1.29 is 9.47 Å². The average molecular weight is 157 g/mol. The van der Waals surface area contributed by atoms with Crippen LogP contribution in [0.25, 0.3) is 0 Å². The van der Waals surface area contributed by atoms with Crippen LogP contribution in [0.5, 0.6) is 0 Å². The van der Waals surface area contributed by atoms with Crippen molar-refractivity contribution in [3.05, 3.63) is 6.92 Å². The number of hydrogen-bond donors (Lipinski definition) is 0. The van der Waals surface area contributed by atoms with E-state index in [0.717, 1.165) is 39.3 Å². The quantitative estimate of drug-likeness (QED) is 0.565. The van der Waals surface area contributed by atoms with Crippen molar-refractivity contribution in [2.24, 2.45) is 5.41 Å². The Morgan fingerprint density at radius 1 is 1.55 bits per heavy atom. The molecule has 0 aromatic carbocycles. The van der Waals surface area contributed by atoms with Crippen LogP contribution in [0.3, 0.4) is 0 Å². The van der Waals surface area contributed by atoms with Gasteiger partial charge in [0.15, 0.2) is 0 Å². The summed E-state index contributed by atoms with van der Waals surface area (Å²) in [5.74, 6) is 0. The Bertz CT molecular complexity index is 103. The molecule has 65 valence electrons. The summed E-state index contributed by atoms with van der Waals surface area (Å²) in [5, 5.41) is 0. The molecule has 0 aromatic heterocycles. The molecule has 1 radical (unpaired) electrons. The average Bonchev–Trinajstić information content (AvgIpc) is 1.95. The molecular weight excluding hydrogens is 140 g/mol. The Morgan fingerprint density at radius 2 is 2.27 bits per heavy atom. The zero-order valence-electron chi connectivity index (χ0n) is 7.27. The van der Waals surface area contributed by atoms with Crippen LogP contribution >= 0.6 is 0 Å². The molecule has 1 aliphatic rings. The van der Waals surface area contributed by atoms with Crippen molar-refractivity contribution in [1.29, 1.82) is 0 Å². The molecule has 0 amide bonds. The molecular formula is C9H17O2. The van der Waals surface area contributed by atoms with E-state index < -0.39 is 0 Å². The second-order valence-electron chi connectivity index (χ2n) is 3.25. The van der Waals surface area contributed by atoms with Crippen LogP contribution in [0, 0.1) is 12.3 Å². The van der Waals surface area contributed by atoms with Crippen LogP contribution in [-0.2, 0) is 9.47 Å². The molecule has 0 bridgehead atoms. The molecule has 0 aromatic rings. The Kier molecular flexibility index (Phi) is 3.34. The molecule has 0 unspecified atom stereocenters. The largest absolute Gasteiger partial charge is 0.381 e. The maximum atomic E-state index is 5.44. The van der Waals surface area contributed by atoms with E-state index in [1.54, 1.807) is 0 Å². The minimum Gasteiger partial charge on any atom is -0.381 e. The van der Waals surface area contributed by atoms with Gasteiger partial charge in [-0.1, -0.05) is 13.8 Å². The molecule has 2 nitrogen and oxygen atoms in total. The van der Waals surface area contributed by atoms with E-state index in [1.165, 1.54) is 0 Å². The van der Waals surface area contributed by atoms with Crippen molar-refractivity contribution >= 4 is 0 Å². The lowest BCUT2D eigenvalue weighted by molar-refractivity contribution is -0.149. The van der Waals surface area contributed by atoms with Gasteiger partial charge in [-0.3, -0.25) is 0 Å². The van der Waals surface area contributed by atoms with E-state index in [2.05, 4.69) is 13.8 Å². The first-order chi connectivity index (χ1) is 5.33. The minimum atomic E-state index is 0.342. The van der Waals surface area contributed by atoms with Crippen LogP contribution in [0.1, 0.15) is 19.8 Å². The van der Waals surface area contributed by atoms with Crippen LogP contribution < -0.4 is 0 Å². The van der Waals surface area contributed by atoms with E-state index in [-0.39, 0.29) is 0 Å². The normalized spacial score (nSPS) is 21.3. The van der Waals surface area contributed by atoms with E-state index >= 15 is 0 Å². The third-order valence-corrected chi connectivity index (χ3v) is 2.26. The second kappa shape index (κ2) is 4.07. The summed E-state index contributed by atoms with van der Waals surface area (Å²) in [7, 11) is 0. The minimum absolute atomic E-state index is 0.342. The molecule has 0 saturated carbocycles. The molecule has 0 N–H and O–H groups in total. The van der Waals surface area contributed by atoms with Crippen molar-refractivity contribution in [3.63, 3.8) is 0 Å². The molecule has 11 heavy (non-hydrogen) atoms. The van der Waals surface area contributed by atoms with Crippen LogP contribution in [-0.4, -0.2) is 26.4 Å². The number of ether oxygens (including phenoxy) is 2. The topological polar surface area (TPSA) is 18.5 Å². The highest BCUT2D eigenvalue weighted by atomic mass is 16.5. The summed E-state index contributed by atoms with van der Waals surface area (Å²) in [6, 6.07) is 0. The van der Waals surface area contributed by atoms with Gasteiger partial charge in [0, 0.05) is 12.0 Å². The van der Waals surface area contributed by atoms with Gasteiger partial charge in [-0.05, 0) is 12.8 Å². The Labute approximate surface area is 68.9 Å². The lowest BCUT2D eigenvalue weighted by Crippen LogP contribution is -2.45. The molecule has 2 heteroatoms. The SMILES string of the molecule is [CH2]CCOCC1(CC)COC1. The maximum Gasteiger partial charge on any atom is 0.0566 e. The standard InChI is InChI=1S/C9H17O2/c1-3-5-10-6-9(4-2)7-11-8-9/h1,3-8H2,2H3. The van der Waals surface area contributed by atoms with E-state index in [4.69, 9.17) is 9.47 Å². The van der Waals surface area contributed by atoms with Gasteiger partial charge in [-0.25, -0.2) is 0 Å². The van der Waals surface area contributed by atoms with Crippen molar-refractivity contribution in [2.45, 2.75) is 19.8 Å². The predicted molar refractivity (Wildman–Crippen MR) is 44.3 cm³/mol. The predicted octanol–water partition coefficient (Wildman–Crippen LogP) is 1.65. The first-order valence-corrected chi connectivity index (χ1v) is 4.28. The Hall–Kier alpha value is -0.0800. The lowest BCUT2D eigenvalue weighted by atomic mass is 9.84. The van der Waals surface area contributed by atoms with Gasteiger partial charge in [0.1, 0.15) is 0 Å². The molecule has 1 rings (SSSR count). The summed E-state index contributed by atoms with van der Waals surface area (Å²) in [6.07, 6.45) is 2.02. The van der Waals surface area contributed by atoms with Gasteiger partial charge >= 0.3 is 0 Å². The third-order valence-electron chi connectivity index (χ3n) is 2.26. The fraction of sp³-hybridized carbons (Fsp3) is 0.889. The molecule has 0 spiro atoms. The smallest absolute Gasteiger partial charge is 0.0566 e. The lowest BCUT2D eigenvalue weighted by Gasteiger charge is -2.40. The molecule has 1 saturated heterocycles. The molecule has 0 atom stereocenters. The zero-order chi connectivity index (χ0) is 8.16. The van der Waals surface area contributed by atoms with E-state index in [0.29, 0.717) is 5.41 Å². The highest BCUT2D eigenvalue weighted by Crippen LogP contribution is 2.31. The first kappa shape index (κ1) is 9.01. The van der Waals surface area contributed by atoms with Crippen molar-refractivity contribution in [1.82, 2.24) is 0 Å². The monoisotopic (exact) mass is 157 g/mol. The van der Waals surface area contributed by atoms with Gasteiger partial charge in [-0.2, -0.15) is 0 Å². The molecule has 1 aliphatic heterocycles. The highest BCUT2D eigenvalue weighted by molar-refractivity contribution is 4.83. The summed E-state index contributed by atoms with van der Waals surface area (Å²) in [6.45, 7) is 9.29. The summed E-state index contributed by atoms with van der Waals surface area (Å²) in [4.78, 5) is 0. The highest BCUT2D eigenvalue weighted by Gasteiger charge is 2.36. The first-order valence-electron chi connectivity index (χ1n) is 4.28. The molecule has 1 fully saturated rings. The fourth-order valence-electron chi connectivity index (χ4n) is 1.17. The van der Waals surface area contributed by atoms with Gasteiger partial charge in [0.25, 0.3) is 0 Å².